The molecular formula is C20H25NO5. The largest absolute Gasteiger partial charge is 0.493 e. The van der Waals surface area contributed by atoms with Crippen molar-refractivity contribution >= 4 is 11.9 Å². The van der Waals surface area contributed by atoms with E-state index in [1.807, 2.05) is 0 Å². The van der Waals surface area contributed by atoms with Crippen molar-refractivity contribution in [2.24, 2.45) is 11.8 Å². The van der Waals surface area contributed by atoms with Crippen LogP contribution in [0.2, 0.25) is 0 Å². The molecule has 0 radical (unpaired) electrons. The van der Waals surface area contributed by atoms with Crippen LogP contribution in [0, 0.1) is 11.8 Å². The van der Waals surface area contributed by atoms with Crippen LogP contribution in [-0.4, -0.2) is 48.7 Å². The Morgan fingerprint density at radius 2 is 2.08 bits per heavy atom. The lowest BCUT2D eigenvalue weighted by molar-refractivity contribution is -0.142. The molecule has 1 N–H and O–H groups in total. The molecule has 6 nitrogen and oxygen atoms in total. The fourth-order valence-electron chi connectivity index (χ4n) is 4.47. The van der Waals surface area contributed by atoms with Gasteiger partial charge >= 0.3 is 5.97 Å². The Morgan fingerprint density at radius 1 is 1.31 bits per heavy atom. The van der Waals surface area contributed by atoms with Gasteiger partial charge in [0.25, 0.3) is 5.91 Å². The Hall–Kier alpha value is -2.50. The third-order valence-electron chi connectivity index (χ3n) is 5.57. The monoisotopic (exact) mass is 359 g/mol. The number of hydrogen-bond acceptors (Lipinski definition) is 4. The summed E-state index contributed by atoms with van der Waals surface area (Å²) in [5, 5.41) is 9.70. The van der Waals surface area contributed by atoms with Crippen LogP contribution in [0.5, 0.6) is 11.5 Å². The summed E-state index contributed by atoms with van der Waals surface area (Å²) < 4.78 is 10.8. The minimum atomic E-state index is -0.917. The van der Waals surface area contributed by atoms with E-state index in [1.165, 1.54) is 12.0 Å². The Kier molecular flexibility index (Phi) is 5.20. The second kappa shape index (κ2) is 7.40. The molecule has 1 heterocycles. The van der Waals surface area contributed by atoms with Crippen molar-refractivity contribution in [1.82, 2.24) is 4.90 Å². The second-order valence-corrected chi connectivity index (χ2v) is 6.96. The predicted molar refractivity (Wildman–Crippen MR) is 96.7 cm³/mol. The topological polar surface area (TPSA) is 76.1 Å². The SMILES string of the molecule is C=CCc1cc(C(=O)N2CC3CCCC3C2C(=O)O)cc(OC)c1OC. The Bertz CT molecular complexity index is 729. The molecule has 3 rings (SSSR count). The van der Waals surface area contributed by atoms with Crippen LogP contribution in [0.15, 0.2) is 24.8 Å². The number of fused-ring (bicyclic) bond motifs is 1. The molecule has 1 aromatic rings. The van der Waals surface area contributed by atoms with Crippen LogP contribution in [0.3, 0.4) is 0 Å². The van der Waals surface area contributed by atoms with Crippen molar-refractivity contribution in [2.75, 3.05) is 20.8 Å². The average molecular weight is 359 g/mol. The number of aliphatic carboxylic acids is 1. The van der Waals surface area contributed by atoms with Crippen LogP contribution < -0.4 is 9.47 Å². The molecule has 1 saturated carbocycles. The van der Waals surface area contributed by atoms with Gasteiger partial charge in [-0.1, -0.05) is 12.5 Å². The summed E-state index contributed by atoms with van der Waals surface area (Å²) in [6, 6.07) is 2.63. The third kappa shape index (κ3) is 3.04. The number of benzene rings is 1. The molecule has 0 aromatic heterocycles. The van der Waals surface area contributed by atoms with Crippen LogP contribution in [0.4, 0.5) is 0 Å². The molecule has 140 valence electrons. The van der Waals surface area contributed by atoms with Crippen LogP contribution in [-0.2, 0) is 11.2 Å². The number of ether oxygens (including phenoxy) is 2. The molecule has 1 aromatic carbocycles. The summed E-state index contributed by atoms with van der Waals surface area (Å²) in [5.41, 5.74) is 1.21. The maximum Gasteiger partial charge on any atom is 0.326 e. The molecule has 0 spiro atoms. The van der Waals surface area contributed by atoms with Crippen molar-refractivity contribution in [2.45, 2.75) is 31.7 Å². The smallest absolute Gasteiger partial charge is 0.326 e. The van der Waals surface area contributed by atoms with Crippen LogP contribution in [0.25, 0.3) is 0 Å². The number of carbonyl (C=O) groups excluding carboxylic acids is 1. The molecule has 3 unspecified atom stereocenters. The molecule has 26 heavy (non-hydrogen) atoms. The van der Waals surface area contributed by atoms with E-state index in [1.54, 1.807) is 25.3 Å². The van der Waals surface area contributed by atoms with Gasteiger partial charge in [-0.05, 0) is 43.2 Å². The zero-order valence-electron chi connectivity index (χ0n) is 15.2. The van der Waals surface area contributed by atoms with Gasteiger partial charge in [0.05, 0.1) is 14.2 Å². The summed E-state index contributed by atoms with van der Waals surface area (Å²) >= 11 is 0. The second-order valence-electron chi connectivity index (χ2n) is 6.96. The van der Waals surface area contributed by atoms with Crippen molar-refractivity contribution in [3.8, 4) is 11.5 Å². The van der Waals surface area contributed by atoms with Gasteiger partial charge in [0.2, 0.25) is 0 Å². The number of amides is 1. The number of rotatable bonds is 6. The van der Waals surface area contributed by atoms with Gasteiger partial charge in [-0.25, -0.2) is 4.79 Å². The number of nitrogens with zero attached hydrogens (tertiary/aromatic N) is 1. The number of carboxylic acid groups (broad SMARTS) is 1. The number of hydrogen-bond donors (Lipinski definition) is 1. The van der Waals surface area contributed by atoms with E-state index in [2.05, 4.69) is 6.58 Å². The van der Waals surface area contributed by atoms with Crippen LogP contribution in [0.1, 0.15) is 35.2 Å². The van der Waals surface area contributed by atoms with E-state index < -0.39 is 12.0 Å². The van der Waals surface area contributed by atoms with Gasteiger partial charge in [-0.2, -0.15) is 0 Å². The zero-order chi connectivity index (χ0) is 18.8. The fraction of sp³-hybridized carbons (Fsp3) is 0.500. The molecule has 3 atom stereocenters. The summed E-state index contributed by atoms with van der Waals surface area (Å²) in [6.45, 7) is 4.25. The summed E-state index contributed by atoms with van der Waals surface area (Å²) in [5.74, 6) is 0.188. The first-order valence-electron chi connectivity index (χ1n) is 8.91. The Balaban J connectivity index is 1.97. The minimum Gasteiger partial charge on any atom is -0.493 e. The van der Waals surface area contributed by atoms with Gasteiger partial charge in [-0.3, -0.25) is 4.79 Å². The molecule has 2 fully saturated rings. The first-order chi connectivity index (χ1) is 12.5. The molecule has 1 saturated heterocycles. The fourth-order valence-corrected chi connectivity index (χ4v) is 4.47. The van der Waals surface area contributed by atoms with Crippen molar-refractivity contribution in [1.29, 1.82) is 0 Å². The number of allylic oxidation sites excluding steroid dienone is 1. The van der Waals surface area contributed by atoms with E-state index in [-0.39, 0.29) is 17.7 Å². The van der Waals surface area contributed by atoms with Crippen molar-refractivity contribution in [3.05, 3.63) is 35.9 Å². The quantitative estimate of drug-likeness (QED) is 0.791. The van der Waals surface area contributed by atoms with E-state index in [0.717, 1.165) is 24.8 Å². The van der Waals surface area contributed by atoms with Gasteiger partial charge in [0, 0.05) is 17.7 Å². The van der Waals surface area contributed by atoms with Gasteiger partial charge < -0.3 is 19.5 Å². The van der Waals surface area contributed by atoms with Gasteiger partial charge in [-0.15, -0.1) is 6.58 Å². The highest BCUT2D eigenvalue weighted by atomic mass is 16.5. The predicted octanol–water partition coefficient (Wildman–Crippen LogP) is 2.76. The third-order valence-corrected chi connectivity index (χ3v) is 5.57. The number of carboxylic acids is 1. The zero-order valence-corrected chi connectivity index (χ0v) is 15.2. The molecular weight excluding hydrogens is 334 g/mol. The first-order valence-corrected chi connectivity index (χ1v) is 8.91. The van der Waals surface area contributed by atoms with Gasteiger partial charge in [0.1, 0.15) is 6.04 Å². The molecule has 6 heteroatoms. The molecule has 1 aliphatic carbocycles. The van der Waals surface area contributed by atoms with Crippen molar-refractivity contribution in [3.63, 3.8) is 0 Å². The lowest BCUT2D eigenvalue weighted by atomic mass is 9.94. The van der Waals surface area contributed by atoms with Crippen LogP contribution >= 0.6 is 0 Å². The highest BCUT2D eigenvalue weighted by Gasteiger charge is 2.49. The highest BCUT2D eigenvalue weighted by Crippen LogP contribution is 2.43. The van der Waals surface area contributed by atoms with E-state index in [0.29, 0.717) is 30.0 Å². The summed E-state index contributed by atoms with van der Waals surface area (Å²) in [6.07, 6.45) is 5.16. The maximum atomic E-state index is 13.2. The highest BCUT2D eigenvalue weighted by molar-refractivity contribution is 5.98. The van der Waals surface area contributed by atoms with E-state index in [4.69, 9.17) is 9.47 Å². The van der Waals surface area contributed by atoms with E-state index >= 15 is 0 Å². The Morgan fingerprint density at radius 3 is 2.69 bits per heavy atom. The molecule has 1 amide bonds. The molecule has 2 aliphatic rings. The minimum absolute atomic E-state index is 0.0595. The number of carbonyl (C=O) groups is 2. The van der Waals surface area contributed by atoms with E-state index in [9.17, 15) is 14.7 Å². The normalized spacial score (nSPS) is 24.2. The lowest BCUT2D eigenvalue weighted by Crippen LogP contribution is -2.43. The number of likely N-dealkylation sites (tertiary alicyclic amines) is 1. The number of methoxy groups -OCH3 is 2. The molecule has 1 aliphatic heterocycles. The summed E-state index contributed by atoms with van der Waals surface area (Å²) in [4.78, 5) is 26.5. The molecule has 0 bridgehead atoms. The lowest BCUT2D eigenvalue weighted by Gasteiger charge is -2.25. The first kappa shape index (κ1) is 18.3. The standard InChI is InChI=1S/C20H25NO5/c1-4-6-12-9-14(10-16(25-2)18(12)26-3)19(22)21-11-13-7-5-8-15(13)17(21)20(23)24/h4,9-10,13,15,17H,1,5-8,11H2,2-3H3,(H,23,24). The van der Waals surface area contributed by atoms with Gasteiger partial charge in [0.15, 0.2) is 11.5 Å². The Labute approximate surface area is 153 Å². The summed E-state index contributed by atoms with van der Waals surface area (Å²) in [7, 11) is 3.07. The maximum absolute atomic E-state index is 13.2. The average Bonchev–Trinajstić information content (AvgIpc) is 3.21. The van der Waals surface area contributed by atoms with Crippen molar-refractivity contribution < 1.29 is 24.2 Å².